The SMILES string of the molecule is C[C@H]([C@H]1C[C@H]2CC[C@H]1C2)n1c(=S)[nH]c2ccccc2c1=O. The van der Waals surface area contributed by atoms with E-state index in [-0.39, 0.29) is 11.6 Å². The predicted octanol–water partition coefficient (Wildman–Crippen LogP) is 4.06. The van der Waals surface area contributed by atoms with E-state index in [1.807, 2.05) is 28.8 Å². The predicted molar refractivity (Wildman–Crippen MR) is 87.0 cm³/mol. The van der Waals surface area contributed by atoms with E-state index in [2.05, 4.69) is 11.9 Å². The second-order valence-corrected chi connectivity index (χ2v) is 7.12. The number of benzene rings is 1. The third-order valence-electron chi connectivity index (χ3n) is 5.66. The molecule has 3 nitrogen and oxygen atoms in total. The fourth-order valence-electron chi connectivity index (χ4n) is 4.62. The molecule has 2 aliphatic rings. The molecule has 0 aliphatic heterocycles. The lowest BCUT2D eigenvalue weighted by molar-refractivity contribution is 0.237. The first kappa shape index (κ1) is 13.3. The van der Waals surface area contributed by atoms with Crippen molar-refractivity contribution in [2.75, 3.05) is 0 Å². The quantitative estimate of drug-likeness (QED) is 0.849. The first-order valence-electron chi connectivity index (χ1n) is 7.88. The van der Waals surface area contributed by atoms with Gasteiger partial charge in [0.1, 0.15) is 0 Å². The zero-order valence-electron chi connectivity index (χ0n) is 12.2. The van der Waals surface area contributed by atoms with Crippen LogP contribution in [0.2, 0.25) is 0 Å². The lowest BCUT2D eigenvalue weighted by Crippen LogP contribution is -2.31. The number of para-hydroxylation sites is 1. The van der Waals surface area contributed by atoms with Crippen molar-refractivity contribution in [3.63, 3.8) is 0 Å². The average molecular weight is 300 g/mol. The van der Waals surface area contributed by atoms with Gasteiger partial charge in [0.05, 0.1) is 10.9 Å². The van der Waals surface area contributed by atoms with Gasteiger partial charge in [-0.3, -0.25) is 9.36 Å². The van der Waals surface area contributed by atoms with Gasteiger partial charge in [0.25, 0.3) is 5.56 Å². The molecule has 2 bridgehead atoms. The molecule has 4 atom stereocenters. The van der Waals surface area contributed by atoms with Gasteiger partial charge in [0, 0.05) is 6.04 Å². The van der Waals surface area contributed by atoms with Crippen molar-refractivity contribution in [2.45, 2.75) is 38.6 Å². The van der Waals surface area contributed by atoms with Gasteiger partial charge < -0.3 is 4.98 Å². The third-order valence-corrected chi connectivity index (χ3v) is 5.96. The van der Waals surface area contributed by atoms with Crippen LogP contribution in [0.25, 0.3) is 10.9 Å². The summed E-state index contributed by atoms with van der Waals surface area (Å²) in [5.41, 5.74) is 0.897. The summed E-state index contributed by atoms with van der Waals surface area (Å²) in [6.45, 7) is 2.17. The Morgan fingerprint density at radius 3 is 2.81 bits per heavy atom. The first-order chi connectivity index (χ1) is 10.1. The van der Waals surface area contributed by atoms with Gasteiger partial charge in [0.2, 0.25) is 0 Å². The van der Waals surface area contributed by atoms with E-state index < -0.39 is 0 Å². The van der Waals surface area contributed by atoms with Gasteiger partial charge in [-0.25, -0.2) is 0 Å². The minimum atomic E-state index is 0.0598. The summed E-state index contributed by atoms with van der Waals surface area (Å²) >= 11 is 5.47. The molecule has 0 radical (unpaired) electrons. The van der Waals surface area contributed by atoms with Gasteiger partial charge in [-0.15, -0.1) is 0 Å². The van der Waals surface area contributed by atoms with E-state index in [0.29, 0.717) is 10.7 Å². The van der Waals surface area contributed by atoms with E-state index in [1.54, 1.807) is 0 Å². The van der Waals surface area contributed by atoms with Crippen LogP contribution in [0, 0.1) is 22.5 Å². The number of nitrogens with one attached hydrogen (secondary N) is 1. The normalized spacial score (nSPS) is 29.1. The van der Waals surface area contributed by atoms with Crippen LogP contribution in [0.15, 0.2) is 29.1 Å². The number of nitrogens with zero attached hydrogens (tertiary/aromatic N) is 1. The van der Waals surface area contributed by atoms with Crippen LogP contribution < -0.4 is 5.56 Å². The molecule has 2 aliphatic carbocycles. The van der Waals surface area contributed by atoms with E-state index in [0.717, 1.165) is 22.7 Å². The summed E-state index contributed by atoms with van der Waals surface area (Å²) in [4.78, 5) is 16.1. The Morgan fingerprint density at radius 2 is 2.10 bits per heavy atom. The van der Waals surface area contributed by atoms with Crippen molar-refractivity contribution in [3.8, 4) is 0 Å². The summed E-state index contributed by atoms with van der Waals surface area (Å²) in [5, 5.41) is 0.737. The second-order valence-electron chi connectivity index (χ2n) is 6.73. The molecule has 4 heteroatoms. The van der Waals surface area contributed by atoms with Crippen LogP contribution in [-0.2, 0) is 0 Å². The zero-order chi connectivity index (χ0) is 14.6. The monoisotopic (exact) mass is 300 g/mol. The van der Waals surface area contributed by atoms with Gasteiger partial charge in [-0.05, 0) is 68.3 Å². The van der Waals surface area contributed by atoms with Gasteiger partial charge >= 0.3 is 0 Å². The highest BCUT2D eigenvalue weighted by atomic mass is 32.1. The summed E-state index contributed by atoms with van der Waals surface area (Å²) in [5.74, 6) is 2.28. The lowest BCUT2D eigenvalue weighted by atomic mass is 9.84. The lowest BCUT2D eigenvalue weighted by Gasteiger charge is -2.29. The van der Waals surface area contributed by atoms with Crippen LogP contribution in [0.5, 0.6) is 0 Å². The molecule has 110 valence electrons. The van der Waals surface area contributed by atoms with Crippen LogP contribution in [0.3, 0.4) is 0 Å². The fourth-order valence-corrected chi connectivity index (χ4v) is 4.98. The highest BCUT2D eigenvalue weighted by Gasteiger charge is 2.42. The maximum absolute atomic E-state index is 12.8. The highest BCUT2D eigenvalue weighted by molar-refractivity contribution is 7.71. The molecule has 0 unspecified atom stereocenters. The van der Waals surface area contributed by atoms with Gasteiger partial charge in [-0.1, -0.05) is 18.6 Å². The summed E-state index contributed by atoms with van der Waals surface area (Å²) < 4.78 is 2.39. The van der Waals surface area contributed by atoms with Crippen LogP contribution >= 0.6 is 12.2 Å². The molecule has 0 saturated heterocycles. The Balaban J connectivity index is 1.83. The maximum atomic E-state index is 12.8. The molecule has 1 aromatic carbocycles. The van der Waals surface area contributed by atoms with E-state index in [9.17, 15) is 4.79 Å². The van der Waals surface area contributed by atoms with Crippen molar-refractivity contribution in [1.29, 1.82) is 0 Å². The van der Waals surface area contributed by atoms with E-state index >= 15 is 0 Å². The number of H-pyrrole nitrogens is 1. The Bertz CT molecular complexity index is 806. The van der Waals surface area contributed by atoms with Gasteiger partial charge in [-0.2, -0.15) is 0 Å². The van der Waals surface area contributed by atoms with Crippen molar-refractivity contribution >= 4 is 23.1 Å². The van der Waals surface area contributed by atoms with E-state index in [4.69, 9.17) is 12.2 Å². The van der Waals surface area contributed by atoms with Crippen LogP contribution in [0.1, 0.15) is 38.6 Å². The van der Waals surface area contributed by atoms with E-state index in [1.165, 1.54) is 25.7 Å². The first-order valence-corrected chi connectivity index (χ1v) is 8.29. The topological polar surface area (TPSA) is 37.8 Å². The van der Waals surface area contributed by atoms with Crippen molar-refractivity contribution < 1.29 is 0 Å². The summed E-state index contributed by atoms with van der Waals surface area (Å²) in [6, 6.07) is 7.83. The highest BCUT2D eigenvalue weighted by Crippen LogP contribution is 2.51. The molecule has 0 amide bonds. The Hall–Kier alpha value is -1.42. The minimum Gasteiger partial charge on any atom is -0.332 e. The molecule has 2 saturated carbocycles. The van der Waals surface area contributed by atoms with Crippen molar-refractivity contribution in [3.05, 3.63) is 39.4 Å². The Kier molecular flexibility index (Phi) is 3.03. The third kappa shape index (κ3) is 2.00. The standard InChI is InChI=1S/C17H20N2OS/c1-10(14-9-11-6-7-12(14)8-11)19-16(20)13-4-2-3-5-15(13)18-17(19)21/h2-5,10-12,14H,6-9H2,1H3,(H,18,21)/t10-,11+,12+,14-/m1/s1. The Morgan fingerprint density at radius 1 is 1.29 bits per heavy atom. The summed E-state index contributed by atoms with van der Waals surface area (Å²) in [6.07, 6.45) is 5.33. The number of aromatic nitrogens is 2. The fraction of sp³-hybridized carbons (Fsp3) is 0.529. The second kappa shape index (κ2) is 4.80. The molecule has 2 fully saturated rings. The molecular formula is C17H20N2OS. The summed E-state index contributed by atoms with van der Waals surface area (Å²) in [7, 11) is 0. The van der Waals surface area contributed by atoms with Crippen molar-refractivity contribution in [1.82, 2.24) is 9.55 Å². The molecule has 21 heavy (non-hydrogen) atoms. The molecule has 1 aromatic heterocycles. The molecule has 4 rings (SSSR count). The number of hydrogen-bond acceptors (Lipinski definition) is 2. The number of rotatable bonds is 2. The average Bonchev–Trinajstić information content (AvgIpc) is 3.10. The molecule has 1 N–H and O–H groups in total. The minimum absolute atomic E-state index is 0.0598. The zero-order valence-corrected chi connectivity index (χ0v) is 13.0. The number of fused-ring (bicyclic) bond motifs is 3. The molecular weight excluding hydrogens is 280 g/mol. The number of aromatic amines is 1. The largest absolute Gasteiger partial charge is 0.332 e. The molecule has 1 heterocycles. The smallest absolute Gasteiger partial charge is 0.262 e. The van der Waals surface area contributed by atoms with Gasteiger partial charge in [0.15, 0.2) is 4.77 Å². The maximum Gasteiger partial charge on any atom is 0.262 e. The number of hydrogen-bond donors (Lipinski definition) is 1. The van der Waals surface area contributed by atoms with Crippen LogP contribution in [-0.4, -0.2) is 9.55 Å². The Labute approximate surface area is 129 Å². The molecule has 2 aromatic rings. The van der Waals surface area contributed by atoms with Crippen molar-refractivity contribution in [2.24, 2.45) is 17.8 Å². The molecule has 0 spiro atoms. The van der Waals surface area contributed by atoms with Crippen LogP contribution in [0.4, 0.5) is 0 Å².